The van der Waals surface area contributed by atoms with Crippen molar-refractivity contribution in [1.82, 2.24) is 4.57 Å². The molecule has 0 aliphatic rings. The molecule has 0 spiro atoms. The SMILES string of the molecule is CCOc1cccc2c1ccn2CCC(C)C. The molecule has 1 heterocycles. The number of nitrogens with zero attached hydrogens (tertiary/aromatic N) is 1. The molecule has 2 nitrogen and oxygen atoms in total. The second-order valence-corrected chi connectivity index (χ2v) is 4.81. The molecule has 17 heavy (non-hydrogen) atoms. The molecule has 0 bridgehead atoms. The van der Waals surface area contributed by atoms with Crippen LogP contribution in [0.15, 0.2) is 30.5 Å². The van der Waals surface area contributed by atoms with E-state index in [1.165, 1.54) is 17.3 Å². The molecule has 0 radical (unpaired) electrons. The maximum atomic E-state index is 5.64. The van der Waals surface area contributed by atoms with Crippen molar-refractivity contribution in [2.75, 3.05) is 6.61 Å². The maximum absolute atomic E-state index is 5.64. The summed E-state index contributed by atoms with van der Waals surface area (Å²) in [5.74, 6) is 1.73. The minimum Gasteiger partial charge on any atom is -0.493 e. The molecule has 0 fully saturated rings. The van der Waals surface area contributed by atoms with Crippen LogP contribution in [0.25, 0.3) is 10.9 Å². The van der Waals surface area contributed by atoms with Gasteiger partial charge in [-0.3, -0.25) is 0 Å². The molecule has 2 heteroatoms. The predicted molar refractivity (Wildman–Crippen MR) is 72.6 cm³/mol. The molecule has 0 amide bonds. The Kier molecular flexibility index (Phi) is 3.72. The molecule has 2 rings (SSSR count). The van der Waals surface area contributed by atoms with E-state index in [0.29, 0.717) is 0 Å². The highest BCUT2D eigenvalue weighted by molar-refractivity contribution is 5.86. The summed E-state index contributed by atoms with van der Waals surface area (Å²) in [5, 5.41) is 1.22. The zero-order chi connectivity index (χ0) is 12.3. The van der Waals surface area contributed by atoms with Crippen LogP contribution in [0, 0.1) is 5.92 Å². The fraction of sp³-hybridized carbons (Fsp3) is 0.467. The third-order valence-corrected chi connectivity index (χ3v) is 3.02. The second-order valence-electron chi connectivity index (χ2n) is 4.81. The van der Waals surface area contributed by atoms with Crippen LogP contribution >= 0.6 is 0 Å². The van der Waals surface area contributed by atoms with Gasteiger partial charge in [-0.25, -0.2) is 0 Å². The van der Waals surface area contributed by atoms with Gasteiger partial charge in [-0.2, -0.15) is 0 Å². The average molecular weight is 231 g/mol. The van der Waals surface area contributed by atoms with Crippen LogP contribution in [-0.2, 0) is 6.54 Å². The van der Waals surface area contributed by atoms with Gasteiger partial charge in [0.2, 0.25) is 0 Å². The van der Waals surface area contributed by atoms with Gasteiger partial charge in [-0.1, -0.05) is 19.9 Å². The lowest BCUT2D eigenvalue weighted by molar-refractivity contribution is 0.344. The number of benzene rings is 1. The molecule has 0 atom stereocenters. The van der Waals surface area contributed by atoms with E-state index in [0.717, 1.165) is 24.8 Å². The Hall–Kier alpha value is -1.44. The predicted octanol–water partition coefficient (Wildman–Crippen LogP) is 4.09. The van der Waals surface area contributed by atoms with E-state index in [9.17, 15) is 0 Å². The van der Waals surface area contributed by atoms with Gasteiger partial charge in [-0.05, 0) is 37.5 Å². The van der Waals surface area contributed by atoms with Crippen LogP contribution in [-0.4, -0.2) is 11.2 Å². The number of hydrogen-bond acceptors (Lipinski definition) is 1. The number of fused-ring (bicyclic) bond motifs is 1. The van der Waals surface area contributed by atoms with E-state index >= 15 is 0 Å². The van der Waals surface area contributed by atoms with Crippen LogP contribution in [0.1, 0.15) is 27.2 Å². The lowest BCUT2D eigenvalue weighted by Crippen LogP contribution is -2.00. The Bertz CT molecular complexity index is 485. The largest absolute Gasteiger partial charge is 0.493 e. The number of ether oxygens (including phenoxy) is 1. The first-order valence-electron chi connectivity index (χ1n) is 6.43. The van der Waals surface area contributed by atoms with Gasteiger partial charge in [0.05, 0.1) is 12.1 Å². The third kappa shape index (κ3) is 2.63. The summed E-state index contributed by atoms with van der Waals surface area (Å²) in [7, 11) is 0. The van der Waals surface area contributed by atoms with Crippen LogP contribution in [0.4, 0.5) is 0 Å². The van der Waals surface area contributed by atoms with E-state index in [4.69, 9.17) is 4.74 Å². The van der Waals surface area contributed by atoms with Crippen LogP contribution in [0.5, 0.6) is 5.75 Å². The van der Waals surface area contributed by atoms with Crippen molar-refractivity contribution in [1.29, 1.82) is 0 Å². The Labute approximate surface area is 103 Å². The molecule has 0 N–H and O–H groups in total. The molecular formula is C15H21NO. The minimum absolute atomic E-state index is 0.719. The maximum Gasteiger partial charge on any atom is 0.128 e. The van der Waals surface area contributed by atoms with Gasteiger partial charge in [0.15, 0.2) is 0 Å². The first-order valence-corrected chi connectivity index (χ1v) is 6.43. The van der Waals surface area contributed by atoms with Gasteiger partial charge >= 0.3 is 0 Å². The Morgan fingerprint density at radius 3 is 2.76 bits per heavy atom. The van der Waals surface area contributed by atoms with E-state index in [-0.39, 0.29) is 0 Å². The number of rotatable bonds is 5. The van der Waals surface area contributed by atoms with Gasteiger partial charge in [0.25, 0.3) is 0 Å². The lowest BCUT2D eigenvalue weighted by atomic mass is 10.1. The fourth-order valence-corrected chi connectivity index (χ4v) is 2.07. The van der Waals surface area contributed by atoms with Gasteiger partial charge in [-0.15, -0.1) is 0 Å². The number of aromatic nitrogens is 1. The average Bonchev–Trinajstić information content (AvgIpc) is 2.71. The van der Waals surface area contributed by atoms with Gasteiger partial charge < -0.3 is 9.30 Å². The van der Waals surface area contributed by atoms with E-state index < -0.39 is 0 Å². The third-order valence-electron chi connectivity index (χ3n) is 3.02. The number of hydrogen-bond donors (Lipinski definition) is 0. The molecule has 2 aromatic rings. The van der Waals surface area contributed by atoms with Crippen LogP contribution < -0.4 is 4.74 Å². The molecule has 1 aromatic carbocycles. The molecule has 92 valence electrons. The Balaban J connectivity index is 2.30. The summed E-state index contributed by atoms with van der Waals surface area (Å²) < 4.78 is 7.96. The van der Waals surface area contributed by atoms with Crippen molar-refractivity contribution in [3.8, 4) is 5.75 Å². The standard InChI is InChI=1S/C15H21NO/c1-4-17-15-7-5-6-14-13(15)9-11-16(14)10-8-12(2)3/h5-7,9,11-12H,4,8,10H2,1-3H3. The van der Waals surface area contributed by atoms with Crippen molar-refractivity contribution in [2.24, 2.45) is 5.92 Å². The molecule has 0 aliphatic heterocycles. The lowest BCUT2D eigenvalue weighted by Gasteiger charge is -2.09. The molecule has 0 saturated heterocycles. The van der Waals surface area contributed by atoms with Crippen LogP contribution in [0.2, 0.25) is 0 Å². The Morgan fingerprint density at radius 1 is 1.24 bits per heavy atom. The summed E-state index contributed by atoms with van der Waals surface area (Å²) in [5.41, 5.74) is 1.27. The Morgan fingerprint density at radius 2 is 2.06 bits per heavy atom. The van der Waals surface area contributed by atoms with E-state index in [1.807, 2.05) is 13.0 Å². The highest BCUT2D eigenvalue weighted by atomic mass is 16.5. The van der Waals surface area contributed by atoms with Gasteiger partial charge in [0, 0.05) is 18.1 Å². The molecule has 0 aliphatic carbocycles. The summed E-state index contributed by atoms with van der Waals surface area (Å²) in [6, 6.07) is 8.43. The monoisotopic (exact) mass is 231 g/mol. The van der Waals surface area contributed by atoms with E-state index in [2.05, 4.69) is 42.8 Å². The van der Waals surface area contributed by atoms with Crippen LogP contribution in [0.3, 0.4) is 0 Å². The molecule has 0 saturated carbocycles. The first kappa shape index (κ1) is 12.0. The van der Waals surface area contributed by atoms with Gasteiger partial charge in [0.1, 0.15) is 5.75 Å². The second kappa shape index (κ2) is 5.26. The zero-order valence-corrected chi connectivity index (χ0v) is 10.9. The van der Waals surface area contributed by atoms with Crippen molar-refractivity contribution in [3.05, 3.63) is 30.5 Å². The topological polar surface area (TPSA) is 14.2 Å². The molecule has 0 unspecified atom stereocenters. The highest BCUT2D eigenvalue weighted by Gasteiger charge is 2.06. The zero-order valence-electron chi connectivity index (χ0n) is 10.9. The van der Waals surface area contributed by atoms with Crippen molar-refractivity contribution >= 4 is 10.9 Å². The first-order chi connectivity index (χ1) is 8.22. The molecule has 1 aromatic heterocycles. The summed E-state index contributed by atoms with van der Waals surface area (Å²) in [6.45, 7) is 8.34. The normalized spacial score (nSPS) is 11.3. The smallest absolute Gasteiger partial charge is 0.128 e. The van der Waals surface area contributed by atoms with Crippen molar-refractivity contribution < 1.29 is 4.74 Å². The minimum atomic E-state index is 0.719. The molecular weight excluding hydrogens is 210 g/mol. The quantitative estimate of drug-likeness (QED) is 0.756. The van der Waals surface area contributed by atoms with E-state index in [1.54, 1.807) is 0 Å². The summed E-state index contributed by atoms with van der Waals surface area (Å²) >= 11 is 0. The summed E-state index contributed by atoms with van der Waals surface area (Å²) in [6.07, 6.45) is 3.37. The highest BCUT2D eigenvalue weighted by Crippen LogP contribution is 2.27. The van der Waals surface area contributed by atoms with Crippen molar-refractivity contribution in [2.45, 2.75) is 33.7 Å². The van der Waals surface area contributed by atoms with Crippen molar-refractivity contribution in [3.63, 3.8) is 0 Å². The fourth-order valence-electron chi connectivity index (χ4n) is 2.07. The number of aryl methyl sites for hydroxylation is 1. The summed E-state index contributed by atoms with van der Waals surface area (Å²) in [4.78, 5) is 0.